The fourth-order valence-corrected chi connectivity index (χ4v) is 1.55. The quantitative estimate of drug-likeness (QED) is 0.737. The Morgan fingerprint density at radius 1 is 1.25 bits per heavy atom. The van der Waals surface area contributed by atoms with E-state index in [2.05, 4.69) is 5.32 Å². The van der Waals surface area contributed by atoms with Crippen LogP contribution in [-0.2, 0) is 14.4 Å². The second-order valence-electron chi connectivity index (χ2n) is 5.93. The van der Waals surface area contributed by atoms with Crippen molar-refractivity contribution in [2.45, 2.75) is 53.5 Å². The Labute approximate surface area is 120 Å². The number of hydrogen-bond acceptors (Lipinski definition) is 3. The average molecular weight is 286 g/mol. The standard InChI is InChI=1S/C14H26N2O4/c1-6-10(2)16(9-12(18)19)11(17)7-8-15-13(20)14(3,4)5/h10H,6-9H2,1-5H3,(H,15,20)(H,18,19). The largest absolute Gasteiger partial charge is 0.480 e. The summed E-state index contributed by atoms with van der Waals surface area (Å²) in [6.07, 6.45) is 0.798. The second-order valence-corrected chi connectivity index (χ2v) is 5.93. The van der Waals surface area contributed by atoms with E-state index in [9.17, 15) is 14.4 Å². The van der Waals surface area contributed by atoms with Gasteiger partial charge in [-0.05, 0) is 13.3 Å². The normalized spacial score (nSPS) is 12.7. The third-order valence-corrected chi connectivity index (χ3v) is 3.05. The summed E-state index contributed by atoms with van der Waals surface area (Å²) < 4.78 is 0. The van der Waals surface area contributed by atoms with Crippen LogP contribution in [0.15, 0.2) is 0 Å². The zero-order chi connectivity index (χ0) is 15.9. The minimum absolute atomic E-state index is 0.111. The van der Waals surface area contributed by atoms with Crippen LogP contribution >= 0.6 is 0 Å². The SMILES string of the molecule is CCC(C)N(CC(=O)O)C(=O)CCNC(=O)C(C)(C)C. The van der Waals surface area contributed by atoms with Gasteiger partial charge in [0.05, 0.1) is 0 Å². The molecule has 6 nitrogen and oxygen atoms in total. The van der Waals surface area contributed by atoms with Crippen LogP contribution in [0.1, 0.15) is 47.5 Å². The summed E-state index contributed by atoms with van der Waals surface area (Å²) in [6.45, 7) is 9.01. The van der Waals surface area contributed by atoms with E-state index in [1.807, 2.05) is 13.8 Å². The van der Waals surface area contributed by atoms with Crippen LogP contribution < -0.4 is 5.32 Å². The summed E-state index contributed by atoms with van der Waals surface area (Å²) in [4.78, 5) is 35.8. The smallest absolute Gasteiger partial charge is 0.323 e. The van der Waals surface area contributed by atoms with Gasteiger partial charge in [0, 0.05) is 24.4 Å². The first-order valence-electron chi connectivity index (χ1n) is 6.89. The van der Waals surface area contributed by atoms with Gasteiger partial charge in [0.25, 0.3) is 0 Å². The molecule has 0 fully saturated rings. The molecule has 0 spiro atoms. The van der Waals surface area contributed by atoms with Crippen molar-refractivity contribution in [2.75, 3.05) is 13.1 Å². The third kappa shape index (κ3) is 6.54. The van der Waals surface area contributed by atoms with Crippen molar-refractivity contribution in [3.63, 3.8) is 0 Å². The zero-order valence-electron chi connectivity index (χ0n) is 13.0. The molecule has 0 bridgehead atoms. The zero-order valence-corrected chi connectivity index (χ0v) is 13.0. The predicted molar refractivity (Wildman–Crippen MR) is 76.2 cm³/mol. The number of rotatable bonds is 7. The highest BCUT2D eigenvalue weighted by Crippen LogP contribution is 2.12. The molecule has 20 heavy (non-hydrogen) atoms. The summed E-state index contributed by atoms with van der Waals surface area (Å²) >= 11 is 0. The molecule has 0 rings (SSSR count). The molecule has 0 aliphatic heterocycles. The highest BCUT2D eigenvalue weighted by molar-refractivity contribution is 5.84. The van der Waals surface area contributed by atoms with E-state index in [0.29, 0.717) is 6.42 Å². The first-order valence-corrected chi connectivity index (χ1v) is 6.89. The van der Waals surface area contributed by atoms with Crippen molar-refractivity contribution in [1.29, 1.82) is 0 Å². The van der Waals surface area contributed by atoms with Crippen LogP contribution in [0.5, 0.6) is 0 Å². The van der Waals surface area contributed by atoms with E-state index in [1.54, 1.807) is 20.8 Å². The number of carboxylic acid groups (broad SMARTS) is 1. The molecule has 6 heteroatoms. The summed E-state index contributed by atoms with van der Waals surface area (Å²) in [7, 11) is 0. The number of hydrogen-bond donors (Lipinski definition) is 2. The van der Waals surface area contributed by atoms with Crippen LogP contribution in [0.25, 0.3) is 0 Å². The highest BCUT2D eigenvalue weighted by atomic mass is 16.4. The lowest BCUT2D eigenvalue weighted by molar-refractivity contribution is -0.146. The first kappa shape index (κ1) is 18.4. The van der Waals surface area contributed by atoms with E-state index >= 15 is 0 Å². The van der Waals surface area contributed by atoms with Gasteiger partial charge in [0.1, 0.15) is 6.54 Å². The molecule has 1 unspecified atom stereocenters. The maximum Gasteiger partial charge on any atom is 0.323 e. The van der Waals surface area contributed by atoms with Crippen molar-refractivity contribution in [3.05, 3.63) is 0 Å². The van der Waals surface area contributed by atoms with Gasteiger partial charge < -0.3 is 15.3 Å². The number of carboxylic acids is 1. The van der Waals surface area contributed by atoms with E-state index in [1.165, 1.54) is 4.90 Å². The lowest BCUT2D eigenvalue weighted by Gasteiger charge is -2.27. The molecular weight excluding hydrogens is 260 g/mol. The van der Waals surface area contributed by atoms with Gasteiger partial charge in [0.2, 0.25) is 11.8 Å². The summed E-state index contributed by atoms with van der Waals surface area (Å²) in [6, 6.07) is -0.128. The maximum atomic E-state index is 12.0. The number of nitrogens with one attached hydrogen (secondary N) is 1. The van der Waals surface area contributed by atoms with Gasteiger partial charge in [-0.2, -0.15) is 0 Å². The van der Waals surface area contributed by atoms with Gasteiger partial charge in [-0.3, -0.25) is 14.4 Å². The molecule has 0 radical (unpaired) electrons. The number of aliphatic carboxylic acids is 1. The minimum Gasteiger partial charge on any atom is -0.480 e. The Morgan fingerprint density at radius 3 is 2.20 bits per heavy atom. The minimum atomic E-state index is -1.03. The van der Waals surface area contributed by atoms with E-state index in [-0.39, 0.29) is 37.4 Å². The van der Waals surface area contributed by atoms with Crippen molar-refractivity contribution in [3.8, 4) is 0 Å². The second kappa shape index (κ2) is 7.87. The molecule has 2 amide bonds. The molecule has 1 atom stereocenters. The molecule has 116 valence electrons. The Morgan fingerprint density at radius 2 is 1.80 bits per heavy atom. The molecule has 0 aromatic rings. The Hall–Kier alpha value is -1.59. The molecule has 0 heterocycles. The van der Waals surface area contributed by atoms with E-state index in [0.717, 1.165) is 0 Å². The highest BCUT2D eigenvalue weighted by Gasteiger charge is 2.23. The number of carbonyl (C=O) groups excluding carboxylic acids is 2. The maximum absolute atomic E-state index is 12.0. The fourth-order valence-electron chi connectivity index (χ4n) is 1.55. The van der Waals surface area contributed by atoms with Gasteiger partial charge in [0.15, 0.2) is 0 Å². The van der Waals surface area contributed by atoms with Crippen molar-refractivity contribution < 1.29 is 19.5 Å². The summed E-state index contributed by atoms with van der Waals surface area (Å²) in [5, 5.41) is 11.5. The van der Waals surface area contributed by atoms with Gasteiger partial charge in [-0.1, -0.05) is 27.7 Å². The Bertz CT molecular complexity index is 361. The molecule has 0 aliphatic rings. The molecule has 0 aromatic carbocycles. The van der Waals surface area contributed by atoms with E-state index < -0.39 is 11.4 Å². The van der Waals surface area contributed by atoms with E-state index in [4.69, 9.17) is 5.11 Å². The first-order chi connectivity index (χ1) is 9.09. The summed E-state index contributed by atoms with van der Waals surface area (Å²) in [5.74, 6) is -1.41. The van der Waals surface area contributed by atoms with Crippen LogP contribution in [0.3, 0.4) is 0 Å². The molecular formula is C14H26N2O4. The van der Waals surface area contributed by atoms with Gasteiger partial charge in [-0.25, -0.2) is 0 Å². The number of nitrogens with zero attached hydrogens (tertiary/aromatic N) is 1. The third-order valence-electron chi connectivity index (χ3n) is 3.05. The molecule has 0 aliphatic carbocycles. The van der Waals surface area contributed by atoms with Gasteiger partial charge in [-0.15, -0.1) is 0 Å². The van der Waals surface area contributed by atoms with Crippen LogP contribution in [0.4, 0.5) is 0 Å². The Kier molecular flexibility index (Phi) is 7.24. The van der Waals surface area contributed by atoms with Crippen molar-refractivity contribution in [1.82, 2.24) is 10.2 Å². The van der Waals surface area contributed by atoms with Crippen molar-refractivity contribution >= 4 is 17.8 Å². The average Bonchev–Trinajstić information content (AvgIpc) is 2.33. The lowest BCUT2D eigenvalue weighted by atomic mass is 9.96. The monoisotopic (exact) mass is 286 g/mol. The van der Waals surface area contributed by atoms with Crippen molar-refractivity contribution in [2.24, 2.45) is 5.41 Å². The van der Waals surface area contributed by atoms with Crippen LogP contribution in [0.2, 0.25) is 0 Å². The number of amides is 2. The topological polar surface area (TPSA) is 86.7 Å². The Balaban J connectivity index is 4.41. The molecule has 0 saturated heterocycles. The lowest BCUT2D eigenvalue weighted by Crippen LogP contribution is -2.43. The summed E-state index contributed by atoms with van der Waals surface area (Å²) in [5.41, 5.74) is -0.499. The van der Waals surface area contributed by atoms with Gasteiger partial charge >= 0.3 is 5.97 Å². The molecule has 2 N–H and O–H groups in total. The fraction of sp³-hybridized carbons (Fsp3) is 0.786. The van der Waals surface area contributed by atoms with Crippen LogP contribution in [-0.4, -0.2) is 46.9 Å². The number of carbonyl (C=O) groups is 3. The molecule has 0 saturated carbocycles. The molecule has 0 aromatic heterocycles. The predicted octanol–water partition coefficient (Wildman–Crippen LogP) is 1.25. The van der Waals surface area contributed by atoms with Crippen LogP contribution in [0, 0.1) is 5.41 Å².